The van der Waals surface area contributed by atoms with Crippen molar-refractivity contribution in [3.63, 3.8) is 0 Å². The summed E-state index contributed by atoms with van der Waals surface area (Å²) in [4.78, 5) is 15.1. The van der Waals surface area contributed by atoms with Gasteiger partial charge in [0.2, 0.25) is 0 Å². The zero-order valence-corrected chi connectivity index (χ0v) is 13.6. The van der Waals surface area contributed by atoms with Gasteiger partial charge in [-0.1, -0.05) is 0 Å². The van der Waals surface area contributed by atoms with E-state index < -0.39 is 0 Å². The van der Waals surface area contributed by atoms with Crippen LogP contribution in [-0.4, -0.2) is 46.2 Å². The van der Waals surface area contributed by atoms with Gasteiger partial charge in [-0.3, -0.25) is 9.69 Å². The largest absolute Gasteiger partial charge is 0.507 e. The Bertz CT molecular complexity index is 868. The van der Waals surface area contributed by atoms with Gasteiger partial charge in [-0.15, -0.1) is 0 Å². The van der Waals surface area contributed by atoms with Gasteiger partial charge in [0.15, 0.2) is 5.78 Å². The highest BCUT2D eigenvalue weighted by atomic mass is 16.6. The molecule has 24 heavy (non-hydrogen) atoms. The minimum absolute atomic E-state index is 0.0288. The third-order valence-corrected chi connectivity index (χ3v) is 5.00. The summed E-state index contributed by atoms with van der Waals surface area (Å²) in [5.41, 5.74) is 2.57. The lowest BCUT2D eigenvalue weighted by atomic mass is 10.0. The van der Waals surface area contributed by atoms with Crippen LogP contribution in [0.1, 0.15) is 34.5 Å². The van der Waals surface area contributed by atoms with Crippen molar-refractivity contribution in [1.29, 1.82) is 5.26 Å². The summed E-state index contributed by atoms with van der Waals surface area (Å²) < 4.78 is 7.17. The minimum Gasteiger partial charge on any atom is -0.507 e. The Morgan fingerprint density at radius 2 is 2.12 bits per heavy atom. The number of ketones is 1. The zero-order chi connectivity index (χ0) is 16.8. The van der Waals surface area contributed by atoms with Crippen molar-refractivity contribution in [2.75, 3.05) is 19.7 Å². The van der Waals surface area contributed by atoms with E-state index in [1.807, 2.05) is 17.7 Å². The van der Waals surface area contributed by atoms with Crippen molar-refractivity contribution in [2.45, 2.75) is 25.5 Å². The van der Waals surface area contributed by atoms with Crippen LogP contribution in [0.5, 0.6) is 5.75 Å². The van der Waals surface area contributed by atoms with E-state index >= 15 is 0 Å². The fourth-order valence-corrected chi connectivity index (χ4v) is 3.59. The van der Waals surface area contributed by atoms with Crippen LogP contribution in [0, 0.1) is 11.3 Å². The molecular formula is C18H19N3O3. The molecule has 1 aromatic heterocycles. The molecule has 4 rings (SSSR count). The lowest BCUT2D eigenvalue weighted by Crippen LogP contribution is -2.22. The summed E-state index contributed by atoms with van der Waals surface area (Å²) in [5.74, 6) is -0.118. The van der Waals surface area contributed by atoms with Crippen LogP contribution < -0.4 is 0 Å². The zero-order valence-electron chi connectivity index (χ0n) is 13.6. The molecule has 6 heteroatoms. The highest BCUT2D eigenvalue weighted by molar-refractivity contribution is 6.12. The molecule has 3 heterocycles. The number of ether oxygens (including phenoxy) is 1. The molecule has 2 saturated heterocycles. The van der Waals surface area contributed by atoms with E-state index in [0.717, 1.165) is 24.3 Å². The minimum atomic E-state index is -0.370. The highest BCUT2D eigenvalue weighted by Gasteiger charge is 2.36. The van der Waals surface area contributed by atoms with Crippen molar-refractivity contribution in [3.05, 3.63) is 29.0 Å². The van der Waals surface area contributed by atoms with Gasteiger partial charge < -0.3 is 14.4 Å². The number of phenols is 1. The number of likely N-dealkylation sites (tertiary alicyclic amines) is 1. The number of rotatable bonds is 4. The molecule has 6 nitrogen and oxygen atoms in total. The number of nitriles is 1. The number of carbonyl (C=O) groups is 1. The Labute approximate surface area is 139 Å². The fraction of sp³-hybridized carbons (Fsp3) is 0.444. The molecule has 2 fully saturated rings. The van der Waals surface area contributed by atoms with Gasteiger partial charge in [-0.2, -0.15) is 5.26 Å². The van der Waals surface area contributed by atoms with Crippen molar-refractivity contribution in [1.82, 2.24) is 9.47 Å². The first kappa shape index (κ1) is 15.2. The molecule has 1 unspecified atom stereocenters. The van der Waals surface area contributed by atoms with Crippen molar-refractivity contribution < 1.29 is 14.6 Å². The topological polar surface area (TPSA) is 81.8 Å². The van der Waals surface area contributed by atoms with Gasteiger partial charge in [-0.05, 0) is 38.1 Å². The summed E-state index contributed by atoms with van der Waals surface area (Å²) in [6.07, 6.45) is 1.99. The van der Waals surface area contributed by atoms with Crippen LogP contribution >= 0.6 is 0 Å². The van der Waals surface area contributed by atoms with Gasteiger partial charge >= 0.3 is 0 Å². The van der Waals surface area contributed by atoms with Crippen LogP contribution in [0.3, 0.4) is 0 Å². The smallest absolute Gasteiger partial charge is 0.196 e. The number of hydrogen-bond donors (Lipinski definition) is 1. The lowest BCUT2D eigenvalue weighted by Gasteiger charge is -2.16. The molecule has 0 bridgehead atoms. The summed E-state index contributed by atoms with van der Waals surface area (Å²) in [6, 6.07) is 5.19. The average molecular weight is 325 g/mol. The van der Waals surface area contributed by atoms with Crippen molar-refractivity contribution in [2.24, 2.45) is 7.05 Å². The van der Waals surface area contributed by atoms with E-state index in [0.29, 0.717) is 24.1 Å². The van der Waals surface area contributed by atoms with Crippen LogP contribution in [0.4, 0.5) is 0 Å². The summed E-state index contributed by atoms with van der Waals surface area (Å²) in [7, 11) is 1.91. The number of aromatic hydroxyl groups is 1. The molecule has 2 aliphatic rings. The van der Waals surface area contributed by atoms with Crippen molar-refractivity contribution in [3.8, 4) is 11.8 Å². The van der Waals surface area contributed by atoms with Gasteiger partial charge in [0.05, 0.1) is 23.3 Å². The van der Waals surface area contributed by atoms with E-state index in [-0.39, 0.29) is 23.2 Å². The Morgan fingerprint density at radius 3 is 2.75 bits per heavy atom. The molecular weight excluding hydrogens is 306 g/mol. The second-order valence-electron chi connectivity index (χ2n) is 6.55. The second-order valence-corrected chi connectivity index (χ2v) is 6.55. The first-order valence-electron chi connectivity index (χ1n) is 8.22. The van der Waals surface area contributed by atoms with Crippen molar-refractivity contribution >= 4 is 16.7 Å². The first-order valence-corrected chi connectivity index (χ1v) is 8.22. The van der Waals surface area contributed by atoms with Gasteiger partial charge in [0.25, 0.3) is 0 Å². The number of epoxide rings is 1. The number of carbonyl (C=O) groups excluding carboxylic acids is 1. The third-order valence-electron chi connectivity index (χ3n) is 5.00. The number of fused-ring (bicyclic) bond motifs is 1. The standard InChI is InChI=1S/C18H19N3O3/c1-20-13-6-11(8-19)15(22)7-12(13)17(18(23)16-10-24-16)14(20)9-21-4-2-3-5-21/h6-7,16,22H,2-5,9-10H2,1H3. The summed E-state index contributed by atoms with van der Waals surface area (Å²) >= 11 is 0. The van der Waals surface area contributed by atoms with Crippen LogP contribution in [0.15, 0.2) is 12.1 Å². The summed E-state index contributed by atoms with van der Waals surface area (Å²) in [5, 5.41) is 19.9. The SMILES string of the molecule is Cn1c(CN2CCCC2)c(C(=O)C2CO2)c2cc(O)c(C#N)cc21. The van der Waals surface area contributed by atoms with E-state index in [1.165, 1.54) is 18.9 Å². The Balaban J connectivity index is 1.90. The lowest BCUT2D eigenvalue weighted by molar-refractivity contribution is 0.0953. The summed E-state index contributed by atoms with van der Waals surface area (Å²) in [6.45, 7) is 3.22. The molecule has 1 aromatic carbocycles. The molecule has 2 aromatic rings. The fourth-order valence-electron chi connectivity index (χ4n) is 3.59. The number of benzene rings is 1. The number of Topliss-reactive ketones (excluding diaryl/α,β-unsaturated/α-hetero) is 1. The molecule has 1 atom stereocenters. The van der Waals surface area contributed by atoms with Crippen LogP contribution in [0.2, 0.25) is 0 Å². The maximum Gasteiger partial charge on any atom is 0.196 e. The maximum absolute atomic E-state index is 12.8. The quantitative estimate of drug-likeness (QED) is 0.686. The van der Waals surface area contributed by atoms with E-state index in [9.17, 15) is 9.90 Å². The number of phenolic OH excluding ortho intramolecular Hbond substituents is 1. The number of nitrogens with zero attached hydrogens (tertiary/aromatic N) is 3. The van der Waals surface area contributed by atoms with Gasteiger partial charge in [-0.25, -0.2) is 0 Å². The molecule has 1 N–H and O–H groups in total. The molecule has 0 radical (unpaired) electrons. The van der Waals surface area contributed by atoms with E-state index in [4.69, 9.17) is 10.00 Å². The maximum atomic E-state index is 12.8. The molecule has 2 aliphatic heterocycles. The normalized spacial score (nSPS) is 20.4. The first-order chi connectivity index (χ1) is 11.6. The monoisotopic (exact) mass is 325 g/mol. The van der Waals surface area contributed by atoms with E-state index in [1.54, 1.807) is 6.07 Å². The Kier molecular flexibility index (Phi) is 3.56. The predicted octanol–water partition coefficient (Wildman–Crippen LogP) is 1.93. The van der Waals surface area contributed by atoms with E-state index in [2.05, 4.69) is 4.90 Å². The molecule has 124 valence electrons. The molecule has 0 saturated carbocycles. The number of aryl methyl sites for hydroxylation is 1. The molecule has 0 aliphatic carbocycles. The van der Waals surface area contributed by atoms with Crippen LogP contribution in [-0.2, 0) is 18.3 Å². The van der Waals surface area contributed by atoms with Crippen LogP contribution in [0.25, 0.3) is 10.9 Å². The number of aromatic nitrogens is 1. The van der Waals surface area contributed by atoms with Gasteiger partial charge in [0, 0.05) is 24.7 Å². The Hall–Kier alpha value is -2.36. The molecule has 0 spiro atoms. The number of hydrogen-bond acceptors (Lipinski definition) is 5. The van der Waals surface area contributed by atoms with Gasteiger partial charge in [0.1, 0.15) is 17.9 Å². The highest BCUT2D eigenvalue weighted by Crippen LogP contribution is 2.34. The second kappa shape index (κ2) is 5.62. The average Bonchev–Trinajstić information content (AvgIpc) is 3.24. The molecule has 0 amide bonds. The third kappa shape index (κ3) is 2.37. The Morgan fingerprint density at radius 1 is 1.42 bits per heavy atom. The predicted molar refractivity (Wildman–Crippen MR) is 87.9 cm³/mol.